The van der Waals surface area contributed by atoms with Gasteiger partial charge in [-0.1, -0.05) is 13.3 Å². The molecule has 0 fully saturated rings. The van der Waals surface area contributed by atoms with E-state index in [0.717, 1.165) is 30.2 Å². The third-order valence-electron chi connectivity index (χ3n) is 4.86. The number of benzene rings is 3. The maximum atomic E-state index is 12.7. The summed E-state index contributed by atoms with van der Waals surface area (Å²) in [6, 6.07) is 17.0. The van der Waals surface area contributed by atoms with Crippen LogP contribution in [0.3, 0.4) is 0 Å². The van der Waals surface area contributed by atoms with Crippen LogP contribution in [0.25, 0.3) is 0 Å². The second kappa shape index (κ2) is 11.8. The number of hydrogen-bond acceptors (Lipinski definition) is 8. The Labute approximate surface area is 203 Å². The fraction of sp³-hybridized carbons (Fsp3) is 0.208. The number of hydrazone groups is 1. The average molecular weight is 499 g/mol. The van der Waals surface area contributed by atoms with Gasteiger partial charge in [0.25, 0.3) is 15.7 Å². The number of sulfonamides is 1. The van der Waals surface area contributed by atoms with E-state index in [2.05, 4.69) is 22.2 Å². The Balaban J connectivity index is 1.71. The monoisotopic (exact) mass is 498 g/mol. The van der Waals surface area contributed by atoms with Gasteiger partial charge < -0.3 is 9.47 Å². The summed E-state index contributed by atoms with van der Waals surface area (Å²) in [5, 5.41) is 15.6. The highest BCUT2D eigenvalue weighted by atomic mass is 32.2. The minimum absolute atomic E-state index is 0.0502. The topological polar surface area (TPSA) is 132 Å². The molecule has 0 atom stereocenters. The molecule has 0 aliphatic rings. The van der Waals surface area contributed by atoms with Gasteiger partial charge >= 0.3 is 0 Å². The van der Waals surface area contributed by atoms with Gasteiger partial charge in [-0.25, -0.2) is 8.42 Å². The van der Waals surface area contributed by atoms with Crippen LogP contribution in [-0.4, -0.2) is 33.3 Å². The predicted octanol–water partition coefficient (Wildman–Crippen LogP) is 5.03. The van der Waals surface area contributed by atoms with Gasteiger partial charge in [0.05, 0.1) is 29.8 Å². The fourth-order valence-corrected chi connectivity index (χ4v) is 4.04. The third kappa shape index (κ3) is 7.18. The van der Waals surface area contributed by atoms with Crippen LogP contribution in [0, 0.1) is 10.1 Å². The molecule has 0 heterocycles. The minimum Gasteiger partial charge on any atom is -0.497 e. The van der Waals surface area contributed by atoms with Crippen LogP contribution in [0.4, 0.5) is 17.1 Å². The Morgan fingerprint density at radius 1 is 1.03 bits per heavy atom. The molecule has 11 heteroatoms. The number of rotatable bonds is 12. The number of nitro benzene ring substituents is 1. The molecule has 0 aromatic heterocycles. The van der Waals surface area contributed by atoms with E-state index in [1.807, 2.05) is 12.1 Å². The van der Waals surface area contributed by atoms with Crippen molar-refractivity contribution >= 4 is 33.3 Å². The van der Waals surface area contributed by atoms with E-state index in [9.17, 15) is 18.5 Å². The van der Waals surface area contributed by atoms with E-state index in [4.69, 9.17) is 9.47 Å². The fourth-order valence-electron chi connectivity index (χ4n) is 2.96. The molecule has 10 nitrogen and oxygen atoms in total. The second-order valence-electron chi connectivity index (χ2n) is 7.41. The van der Waals surface area contributed by atoms with Gasteiger partial charge in [-0.15, -0.1) is 0 Å². The summed E-state index contributed by atoms with van der Waals surface area (Å²) in [4.78, 5) is 10.6. The quantitative estimate of drug-likeness (QED) is 0.155. The van der Waals surface area contributed by atoms with Crippen molar-refractivity contribution in [2.24, 2.45) is 5.10 Å². The van der Waals surface area contributed by atoms with Crippen molar-refractivity contribution < 1.29 is 22.8 Å². The van der Waals surface area contributed by atoms with E-state index in [1.165, 1.54) is 37.6 Å². The van der Waals surface area contributed by atoms with Crippen LogP contribution in [-0.2, 0) is 10.0 Å². The van der Waals surface area contributed by atoms with Gasteiger partial charge in [0.15, 0.2) is 0 Å². The smallest absolute Gasteiger partial charge is 0.295 e. The molecule has 0 radical (unpaired) electrons. The summed E-state index contributed by atoms with van der Waals surface area (Å²) in [5.74, 6) is 1.31. The number of nitrogens with one attached hydrogen (secondary N) is 2. The van der Waals surface area contributed by atoms with Crippen molar-refractivity contribution in [3.05, 3.63) is 82.4 Å². The Kier molecular flexibility index (Phi) is 8.63. The number of unbranched alkanes of at least 4 members (excludes halogenated alkanes) is 1. The van der Waals surface area contributed by atoms with Crippen molar-refractivity contribution in [1.82, 2.24) is 0 Å². The first-order valence-electron chi connectivity index (χ1n) is 10.8. The lowest BCUT2D eigenvalue weighted by Gasteiger charge is -2.10. The highest BCUT2D eigenvalue weighted by Crippen LogP contribution is 2.29. The van der Waals surface area contributed by atoms with Crippen molar-refractivity contribution in [3.63, 3.8) is 0 Å². The molecule has 0 saturated carbocycles. The predicted molar refractivity (Wildman–Crippen MR) is 135 cm³/mol. The maximum absolute atomic E-state index is 12.7. The van der Waals surface area contributed by atoms with Crippen molar-refractivity contribution in [1.29, 1.82) is 0 Å². The molecule has 3 aromatic carbocycles. The molecule has 2 N–H and O–H groups in total. The first-order chi connectivity index (χ1) is 16.8. The van der Waals surface area contributed by atoms with Gasteiger partial charge in [0.2, 0.25) is 0 Å². The first kappa shape index (κ1) is 25.5. The molecular weight excluding hydrogens is 472 g/mol. The molecule has 3 rings (SSSR count). The normalized spacial score (nSPS) is 11.3. The number of anilines is 2. The highest BCUT2D eigenvalue weighted by Gasteiger charge is 2.21. The molecule has 0 saturated heterocycles. The molecular formula is C24H26N4O6S. The maximum Gasteiger partial charge on any atom is 0.295 e. The minimum atomic E-state index is -4.06. The molecule has 0 aliphatic heterocycles. The molecule has 35 heavy (non-hydrogen) atoms. The van der Waals surface area contributed by atoms with E-state index in [1.54, 1.807) is 24.3 Å². The standard InChI is InChI=1S/C24H26N4O6S/c1-3-4-15-34-21-9-5-18(6-10-21)17-25-26-23-14-13-22(16-24(23)28(29)30)35(31,32)27-19-7-11-20(33-2)12-8-19/h5-14,16-17,26-27H,3-4,15H2,1-2H3. The number of ether oxygens (including phenoxy) is 2. The van der Waals surface area contributed by atoms with Gasteiger partial charge in [-0.3, -0.25) is 20.3 Å². The average Bonchev–Trinajstić information content (AvgIpc) is 2.85. The lowest BCUT2D eigenvalue weighted by atomic mass is 10.2. The number of hydrogen-bond donors (Lipinski definition) is 2. The molecule has 0 amide bonds. The van der Waals surface area contributed by atoms with Crippen molar-refractivity contribution in [2.75, 3.05) is 23.9 Å². The third-order valence-corrected chi connectivity index (χ3v) is 6.24. The van der Waals surface area contributed by atoms with Crippen molar-refractivity contribution in [2.45, 2.75) is 24.7 Å². The molecule has 184 valence electrons. The largest absolute Gasteiger partial charge is 0.497 e. The second-order valence-corrected chi connectivity index (χ2v) is 9.09. The van der Waals surface area contributed by atoms with Crippen LogP contribution in [0.2, 0.25) is 0 Å². The lowest BCUT2D eigenvalue weighted by Crippen LogP contribution is -2.13. The summed E-state index contributed by atoms with van der Waals surface area (Å²) in [6.07, 6.45) is 3.52. The van der Waals surface area contributed by atoms with Gasteiger partial charge in [-0.05, 0) is 72.6 Å². The zero-order valence-electron chi connectivity index (χ0n) is 19.3. The van der Waals surface area contributed by atoms with E-state index in [-0.39, 0.29) is 10.6 Å². The summed E-state index contributed by atoms with van der Waals surface area (Å²) >= 11 is 0. The molecule has 0 aliphatic carbocycles. The summed E-state index contributed by atoms with van der Waals surface area (Å²) in [6.45, 7) is 2.74. The first-order valence-corrected chi connectivity index (χ1v) is 12.3. The summed E-state index contributed by atoms with van der Waals surface area (Å²) in [7, 11) is -2.56. The van der Waals surface area contributed by atoms with Gasteiger partial charge in [0.1, 0.15) is 17.2 Å². The Morgan fingerprint density at radius 2 is 1.71 bits per heavy atom. The Morgan fingerprint density at radius 3 is 2.34 bits per heavy atom. The van der Waals surface area contributed by atoms with Crippen LogP contribution in [0.15, 0.2) is 76.7 Å². The van der Waals surface area contributed by atoms with Crippen LogP contribution >= 0.6 is 0 Å². The summed E-state index contributed by atoms with van der Waals surface area (Å²) in [5.41, 5.74) is 3.28. The van der Waals surface area contributed by atoms with E-state index in [0.29, 0.717) is 18.0 Å². The zero-order chi connectivity index (χ0) is 25.3. The molecule has 0 unspecified atom stereocenters. The van der Waals surface area contributed by atoms with E-state index >= 15 is 0 Å². The van der Waals surface area contributed by atoms with Crippen LogP contribution in [0.5, 0.6) is 11.5 Å². The number of nitrogens with zero attached hydrogens (tertiary/aromatic N) is 2. The number of nitro groups is 1. The number of methoxy groups -OCH3 is 1. The molecule has 3 aromatic rings. The van der Waals surface area contributed by atoms with Crippen LogP contribution in [0.1, 0.15) is 25.3 Å². The zero-order valence-corrected chi connectivity index (χ0v) is 20.1. The van der Waals surface area contributed by atoms with Crippen molar-refractivity contribution in [3.8, 4) is 11.5 Å². The molecule has 0 bridgehead atoms. The Hall–Kier alpha value is -4.12. The van der Waals surface area contributed by atoms with E-state index < -0.39 is 20.6 Å². The lowest BCUT2D eigenvalue weighted by molar-refractivity contribution is -0.384. The SMILES string of the molecule is CCCCOc1ccc(C=NNc2ccc(S(=O)(=O)Nc3ccc(OC)cc3)cc2[N+](=O)[O-])cc1. The molecule has 0 spiro atoms. The van der Waals surface area contributed by atoms with Crippen LogP contribution < -0.4 is 19.6 Å². The highest BCUT2D eigenvalue weighted by molar-refractivity contribution is 7.92. The van der Waals surface area contributed by atoms with Gasteiger partial charge in [0, 0.05) is 11.8 Å². The summed E-state index contributed by atoms with van der Waals surface area (Å²) < 4.78 is 38.5. The van der Waals surface area contributed by atoms with Gasteiger partial charge in [-0.2, -0.15) is 5.10 Å². The Bertz CT molecular complexity index is 1280.